The SMILES string of the molecule is CCCc1nc(Cc2ccccc2)nn1Cc1ccc(-c2ncccc2-c2nnn[nH]2)cc1. The van der Waals surface area contributed by atoms with Gasteiger partial charge in [0.2, 0.25) is 0 Å². The molecule has 0 spiro atoms. The number of pyridine rings is 1. The van der Waals surface area contributed by atoms with E-state index in [2.05, 4.69) is 68.9 Å². The van der Waals surface area contributed by atoms with E-state index in [-0.39, 0.29) is 0 Å². The topological polar surface area (TPSA) is 98.1 Å². The van der Waals surface area contributed by atoms with E-state index in [0.29, 0.717) is 12.4 Å². The van der Waals surface area contributed by atoms with Gasteiger partial charge < -0.3 is 0 Å². The maximum atomic E-state index is 4.82. The lowest BCUT2D eigenvalue weighted by atomic mass is 10.0. The molecule has 0 saturated heterocycles. The average Bonchev–Trinajstić information content (AvgIpc) is 3.51. The molecule has 33 heavy (non-hydrogen) atoms. The molecule has 0 aliphatic carbocycles. The molecule has 0 amide bonds. The van der Waals surface area contributed by atoms with Crippen LogP contribution in [0.15, 0.2) is 72.9 Å². The van der Waals surface area contributed by atoms with Crippen LogP contribution in [0.5, 0.6) is 0 Å². The van der Waals surface area contributed by atoms with Crippen LogP contribution in [-0.4, -0.2) is 40.4 Å². The number of hydrogen-bond donors (Lipinski definition) is 1. The minimum Gasteiger partial charge on any atom is -0.255 e. The first-order chi connectivity index (χ1) is 16.3. The Morgan fingerprint density at radius 3 is 2.52 bits per heavy atom. The summed E-state index contributed by atoms with van der Waals surface area (Å²) in [7, 11) is 0. The van der Waals surface area contributed by atoms with Crippen LogP contribution >= 0.6 is 0 Å². The van der Waals surface area contributed by atoms with Gasteiger partial charge in [0.05, 0.1) is 12.2 Å². The number of H-pyrrole nitrogens is 1. The number of aryl methyl sites for hydroxylation is 1. The van der Waals surface area contributed by atoms with Gasteiger partial charge in [-0.15, -0.1) is 5.10 Å². The molecule has 1 N–H and O–H groups in total. The lowest BCUT2D eigenvalue weighted by Gasteiger charge is -2.08. The van der Waals surface area contributed by atoms with Gasteiger partial charge in [0.15, 0.2) is 11.6 Å². The van der Waals surface area contributed by atoms with E-state index in [1.165, 1.54) is 5.56 Å². The standard InChI is InChI=1S/C25H24N8/c1-2-7-23-27-22(16-18-8-4-3-5-9-18)30-33(23)17-19-11-13-20(14-12-19)24-21(10-6-15-26-24)25-28-31-32-29-25/h3-6,8-15H,2,7,16-17H2,1H3,(H,28,29,31,32). The smallest absolute Gasteiger partial charge is 0.181 e. The summed E-state index contributed by atoms with van der Waals surface area (Å²) < 4.78 is 2.03. The summed E-state index contributed by atoms with van der Waals surface area (Å²) in [6.07, 6.45) is 4.45. The van der Waals surface area contributed by atoms with Crippen molar-refractivity contribution in [3.8, 4) is 22.6 Å². The first-order valence-electron chi connectivity index (χ1n) is 11.0. The quantitative estimate of drug-likeness (QED) is 0.393. The molecule has 0 radical (unpaired) electrons. The fourth-order valence-electron chi connectivity index (χ4n) is 3.86. The van der Waals surface area contributed by atoms with Gasteiger partial charge in [-0.1, -0.05) is 61.5 Å². The fraction of sp³-hybridized carbons (Fsp3) is 0.200. The van der Waals surface area contributed by atoms with Crippen molar-refractivity contribution in [2.75, 3.05) is 0 Å². The Labute approximate surface area is 191 Å². The molecule has 5 rings (SSSR count). The molecule has 5 aromatic rings. The molecule has 3 heterocycles. The summed E-state index contributed by atoms with van der Waals surface area (Å²) in [5.74, 6) is 2.48. The predicted molar refractivity (Wildman–Crippen MR) is 125 cm³/mol. The van der Waals surface area contributed by atoms with Crippen molar-refractivity contribution in [3.05, 3.63) is 95.7 Å². The lowest BCUT2D eigenvalue weighted by molar-refractivity contribution is 0.626. The van der Waals surface area contributed by atoms with Gasteiger partial charge in [0.1, 0.15) is 5.82 Å². The third-order valence-electron chi connectivity index (χ3n) is 5.44. The maximum absolute atomic E-state index is 4.82. The van der Waals surface area contributed by atoms with Gasteiger partial charge in [-0.25, -0.2) is 14.8 Å². The second-order valence-corrected chi connectivity index (χ2v) is 7.86. The van der Waals surface area contributed by atoms with Crippen LogP contribution in [0.25, 0.3) is 22.6 Å². The van der Waals surface area contributed by atoms with E-state index in [0.717, 1.165) is 53.3 Å². The van der Waals surface area contributed by atoms with Crippen molar-refractivity contribution < 1.29 is 0 Å². The first kappa shape index (κ1) is 20.7. The average molecular weight is 437 g/mol. The van der Waals surface area contributed by atoms with Gasteiger partial charge in [0.25, 0.3) is 0 Å². The molecule has 0 bridgehead atoms. The Hall–Kier alpha value is -4.20. The molecule has 164 valence electrons. The zero-order chi connectivity index (χ0) is 22.5. The highest BCUT2D eigenvalue weighted by Crippen LogP contribution is 2.27. The number of benzene rings is 2. The molecule has 2 aromatic carbocycles. The highest BCUT2D eigenvalue weighted by molar-refractivity contribution is 5.76. The second kappa shape index (κ2) is 9.52. The monoisotopic (exact) mass is 436 g/mol. The number of tetrazole rings is 1. The molecule has 0 atom stereocenters. The Bertz CT molecular complexity index is 1310. The van der Waals surface area contributed by atoms with Crippen LogP contribution in [-0.2, 0) is 19.4 Å². The predicted octanol–water partition coefficient (Wildman–Crippen LogP) is 4.11. The zero-order valence-corrected chi connectivity index (χ0v) is 18.4. The molecule has 0 fully saturated rings. The number of nitrogens with one attached hydrogen (secondary N) is 1. The third kappa shape index (κ3) is 4.69. The van der Waals surface area contributed by atoms with Gasteiger partial charge in [0, 0.05) is 30.2 Å². The van der Waals surface area contributed by atoms with E-state index in [1.807, 2.05) is 35.0 Å². The Kier molecular flexibility index (Phi) is 5.97. The van der Waals surface area contributed by atoms with Crippen molar-refractivity contribution in [3.63, 3.8) is 0 Å². The van der Waals surface area contributed by atoms with Crippen molar-refractivity contribution in [2.24, 2.45) is 0 Å². The van der Waals surface area contributed by atoms with Crippen molar-refractivity contribution >= 4 is 0 Å². The number of aromatic nitrogens is 8. The highest BCUT2D eigenvalue weighted by Gasteiger charge is 2.13. The van der Waals surface area contributed by atoms with E-state index < -0.39 is 0 Å². The van der Waals surface area contributed by atoms with E-state index >= 15 is 0 Å². The van der Waals surface area contributed by atoms with Crippen LogP contribution in [0.4, 0.5) is 0 Å². The normalized spacial score (nSPS) is 11.1. The summed E-state index contributed by atoms with van der Waals surface area (Å²) in [5.41, 5.74) is 5.08. The Balaban J connectivity index is 1.38. The molecular formula is C25H24N8. The van der Waals surface area contributed by atoms with Crippen LogP contribution in [0.2, 0.25) is 0 Å². The molecule has 3 aromatic heterocycles. The first-order valence-corrected chi connectivity index (χ1v) is 11.0. The summed E-state index contributed by atoms with van der Waals surface area (Å²) in [6, 6.07) is 22.6. The molecule has 0 aliphatic heterocycles. The van der Waals surface area contributed by atoms with Crippen LogP contribution < -0.4 is 0 Å². The summed E-state index contributed by atoms with van der Waals surface area (Å²) >= 11 is 0. The number of rotatable bonds is 8. The molecule has 0 saturated carbocycles. The van der Waals surface area contributed by atoms with Gasteiger partial charge in [-0.3, -0.25) is 4.98 Å². The van der Waals surface area contributed by atoms with Crippen LogP contribution in [0.3, 0.4) is 0 Å². The Morgan fingerprint density at radius 1 is 0.909 bits per heavy atom. The number of aromatic amines is 1. The molecule has 0 aliphatic rings. The van der Waals surface area contributed by atoms with Crippen molar-refractivity contribution in [2.45, 2.75) is 32.7 Å². The van der Waals surface area contributed by atoms with E-state index in [4.69, 9.17) is 10.1 Å². The van der Waals surface area contributed by atoms with E-state index in [1.54, 1.807) is 6.20 Å². The molecule has 0 unspecified atom stereocenters. The van der Waals surface area contributed by atoms with Crippen LogP contribution in [0.1, 0.15) is 36.1 Å². The number of hydrogen-bond acceptors (Lipinski definition) is 6. The number of nitrogens with zero attached hydrogens (tertiary/aromatic N) is 7. The molecule has 8 heteroatoms. The van der Waals surface area contributed by atoms with Crippen molar-refractivity contribution in [1.82, 2.24) is 40.4 Å². The molecular weight excluding hydrogens is 412 g/mol. The van der Waals surface area contributed by atoms with Gasteiger partial charge in [-0.2, -0.15) is 5.10 Å². The second-order valence-electron chi connectivity index (χ2n) is 7.86. The lowest BCUT2D eigenvalue weighted by Crippen LogP contribution is -2.07. The van der Waals surface area contributed by atoms with Gasteiger partial charge in [-0.05, 0) is 40.1 Å². The maximum Gasteiger partial charge on any atom is 0.181 e. The van der Waals surface area contributed by atoms with E-state index in [9.17, 15) is 0 Å². The van der Waals surface area contributed by atoms with Crippen molar-refractivity contribution in [1.29, 1.82) is 0 Å². The minimum absolute atomic E-state index is 0.597. The third-order valence-corrected chi connectivity index (χ3v) is 5.44. The minimum atomic E-state index is 0.597. The summed E-state index contributed by atoms with van der Waals surface area (Å²) in [6.45, 7) is 2.84. The molecule has 8 nitrogen and oxygen atoms in total. The Morgan fingerprint density at radius 2 is 1.76 bits per heavy atom. The summed E-state index contributed by atoms with van der Waals surface area (Å²) in [4.78, 5) is 9.37. The summed E-state index contributed by atoms with van der Waals surface area (Å²) in [5, 5.41) is 19.0. The highest BCUT2D eigenvalue weighted by atomic mass is 15.5. The zero-order valence-electron chi connectivity index (χ0n) is 18.4. The van der Waals surface area contributed by atoms with Crippen LogP contribution in [0, 0.1) is 0 Å². The largest absolute Gasteiger partial charge is 0.255 e. The fourth-order valence-corrected chi connectivity index (χ4v) is 3.86. The van der Waals surface area contributed by atoms with Gasteiger partial charge >= 0.3 is 0 Å².